The number of hydrogen-bond acceptors (Lipinski definition) is 4. The third-order valence-corrected chi connectivity index (χ3v) is 2.54. The van der Waals surface area contributed by atoms with E-state index in [2.05, 4.69) is 9.50 Å². The monoisotopic (exact) mass is 256 g/mol. The molecular weight excluding hydrogens is 242 g/mol. The summed E-state index contributed by atoms with van der Waals surface area (Å²) in [7, 11) is 0. The summed E-state index contributed by atoms with van der Waals surface area (Å²) >= 11 is -2.67. The Balaban J connectivity index is 2.75. The normalized spacial score (nSPS) is 12.2. The largest absolute Gasteiger partial charge is 0.750 e. The number of anilines is 1. The van der Waals surface area contributed by atoms with Crippen molar-refractivity contribution in [2.24, 2.45) is 0 Å². The second kappa shape index (κ2) is 5.90. The van der Waals surface area contributed by atoms with Crippen LogP contribution in [-0.2, 0) is 20.3 Å². The van der Waals surface area contributed by atoms with Crippen LogP contribution < -0.4 is 5.32 Å². The van der Waals surface area contributed by atoms with Crippen molar-refractivity contribution in [3.63, 3.8) is 0 Å². The minimum Gasteiger partial charge on any atom is -0.750 e. The van der Waals surface area contributed by atoms with Crippen molar-refractivity contribution in [1.29, 1.82) is 0 Å². The molecule has 0 heterocycles. The predicted molar refractivity (Wildman–Crippen MR) is 64.2 cm³/mol. The predicted octanol–water partition coefficient (Wildman–Crippen LogP) is 1.36. The average Bonchev–Trinajstić information content (AvgIpc) is 2.20. The smallest absolute Gasteiger partial charge is 0.251 e. The van der Waals surface area contributed by atoms with E-state index in [1.165, 1.54) is 0 Å². The van der Waals surface area contributed by atoms with Gasteiger partial charge in [-0.1, -0.05) is 17.7 Å². The van der Waals surface area contributed by atoms with Gasteiger partial charge in [-0.2, -0.15) is 0 Å². The first-order valence-electron chi connectivity index (χ1n) is 5.00. The Bertz CT molecular complexity index is 436. The first kappa shape index (κ1) is 13.8. The molecule has 0 spiro atoms. The third kappa shape index (κ3) is 4.26. The zero-order chi connectivity index (χ0) is 13.0. The molecule has 1 atom stereocenters. The Hall–Kier alpha value is -1.24. The average molecular weight is 256 g/mol. The van der Waals surface area contributed by atoms with Gasteiger partial charge in [0.15, 0.2) is 0 Å². The fourth-order valence-corrected chi connectivity index (χ4v) is 1.86. The lowest BCUT2D eigenvalue weighted by molar-refractivity contribution is -0.118. The second-order valence-corrected chi connectivity index (χ2v) is 4.43. The molecule has 0 aliphatic heterocycles. The van der Waals surface area contributed by atoms with Gasteiger partial charge in [-0.05, 0) is 31.9 Å². The van der Waals surface area contributed by atoms with Crippen LogP contribution in [0.25, 0.3) is 0 Å². The molecule has 1 unspecified atom stereocenters. The molecule has 0 bridgehead atoms. The number of rotatable bonds is 4. The molecule has 1 aromatic carbocycles. The van der Waals surface area contributed by atoms with Crippen molar-refractivity contribution in [2.45, 2.75) is 20.8 Å². The maximum Gasteiger partial charge on any atom is 0.251 e. The molecule has 5 nitrogen and oxygen atoms in total. The number of carbonyl (C=O) groups is 1. The highest BCUT2D eigenvalue weighted by molar-refractivity contribution is 7.74. The topological polar surface area (TPSA) is 78.5 Å². The zero-order valence-corrected chi connectivity index (χ0v) is 10.7. The SMILES string of the molecule is Cc1cc(C)c(NC(=O)COS(=O)[O-])c(C)c1. The molecule has 1 N–H and O–H groups in total. The van der Waals surface area contributed by atoms with Gasteiger partial charge in [0.05, 0.1) is 11.4 Å². The highest BCUT2D eigenvalue weighted by Crippen LogP contribution is 2.21. The van der Waals surface area contributed by atoms with Gasteiger partial charge < -0.3 is 9.87 Å². The van der Waals surface area contributed by atoms with Crippen LogP contribution in [0, 0.1) is 20.8 Å². The summed E-state index contributed by atoms with van der Waals surface area (Å²) in [6.45, 7) is 5.21. The van der Waals surface area contributed by atoms with E-state index in [-0.39, 0.29) is 0 Å². The van der Waals surface area contributed by atoms with E-state index in [1.807, 2.05) is 32.9 Å². The lowest BCUT2D eigenvalue weighted by atomic mass is 10.1. The van der Waals surface area contributed by atoms with Gasteiger partial charge >= 0.3 is 0 Å². The van der Waals surface area contributed by atoms with E-state index in [0.717, 1.165) is 16.7 Å². The highest BCUT2D eigenvalue weighted by Gasteiger charge is 2.08. The van der Waals surface area contributed by atoms with Crippen LogP contribution >= 0.6 is 0 Å². The zero-order valence-electron chi connectivity index (χ0n) is 9.90. The quantitative estimate of drug-likeness (QED) is 0.825. The number of aryl methyl sites for hydroxylation is 3. The third-order valence-electron chi connectivity index (χ3n) is 2.23. The summed E-state index contributed by atoms with van der Waals surface area (Å²) in [4.78, 5) is 11.4. The summed E-state index contributed by atoms with van der Waals surface area (Å²) in [5, 5.41) is 2.62. The minimum atomic E-state index is -2.67. The fraction of sp³-hybridized carbons (Fsp3) is 0.364. The molecule has 0 radical (unpaired) electrons. The van der Waals surface area contributed by atoms with Gasteiger partial charge in [0, 0.05) is 5.69 Å². The first-order valence-corrected chi connectivity index (χ1v) is 6.00. The fourth-order valence-electron chi connectivity index (χ4n) is 1.65. The van der Waals surface area contributed by atoms with Gasteiger partial charge in [-0.3, -0.25) is 8.98 Å². The molecule has 17 heavy (non-hydrogen) atoms. The molecule has 0 aromatic heterocycles. The molecule has 1 amide bonds. The summed E-state index contributed by atoms with van der Waals surface area (Å²) in [5.41, 5.74) is 3.66. The van der Waals surface area contributed by atoms with E-state index in [1.54, 1.807) is 0 Å². The van der Waals surface area contributed by atoms with Crippen LogP contribution in [0.2, 0.25) is 0 Å². The number of benzene rings is 1. The highest BCUT2D eigenvalue weighted by atomic mass is 32.2. The summed E-state index contributed by atoms with van der Waals surface area (Å²) < 4.78 is 24.4. The summed E-state index contributed by atoms with van der Waals surface area (Å²) in [6.07, 6.45) is 0. The van der Waals surface area contributed by atoms with Crippen molar-refractivity contribution in [2.75, 3.05) is 11.9 Å². The van der Waals surface area contributed by atoms with Crippen molar-refractivity contribution >= 4 is 23.0 Å². The van der Waals surface area contributed by atoms with E-state index >= 15 is 0 Å². The lowest BCUT2D eigenvalue weighted by Gasteiger charge is -2.13. The van der Waals surface area contributed by atoms with Crippen LogP contribution in [0.5, 0.6) is 0 Å². The second-order valence-electron chi connectivity index (χ2n) is 3.79. The van der Waals surface area contributed by atoms with E-state index in [9.17, 15) is 13.6 Å². The Morgan fingerprint density at radius 3 is 2.35 bits per heavy atom. The molecule has 1 rings (SSSR count). The van der Waals surface area contributed by atoms with Gasteiger partial charge in [0.2, 0.25) is 0 Å². The van der Waals surface area contributed by atoms with Gasteiger partial charge in [-0.15, -0.1) is 0 Å². The Morgan fingerprint density at radius 1 is 1.35 bits per heavy atom. The van der Waals surface area contributed by atoms with Crippen molar-refractivity contribution in [3.8, 4) is 0 Å². The van der Waals surface area contributed by atoms with Crippen LogP contribution in [0.4, 0.5) is 5.69 Å². The van der Waals surface area contributed by atoms with Crippen molar-refractivity contribution < 1.29 is 17.7 Å². The molecule has 1 aromatic rings. The number of amides is 1. The molecular formula is C11H14NO4S-. The van der Waals surface area contributed by atoms with Crippen molar-refractivity contribution in [1.82, 2.24) is 0 Å². The lowest BCUT2D eigenvalue weighted by Crippen LogP contribution is -2.20. The van der Waals surface area contributed by atoms with Crippen LogP contribution in [-0.4, -0.2) is 21.3 Å². The molecule has 0 fully saturated rings. The molecule has 0 saturated carbocycles. The van der Waals surface area contributed by atoms with Gasteiger partial charge in [0.25, 0.3) is 5.91 Å². The number of hydrogen-bond donors (Lipinski definition) is 1. The number of carbonyl (C=O) groups excluding carboxylic acids is 1. The van der Waals surface area contributed by atoms with Gasteiger partial charge in [0.1, 0.15) is 6.61 Å². The van der Waals surface area contributed by atoms with E-state index in [0.29, 0.717) is 5.69 Å². The Kier molecular flexibility index (Phi) is 4.80. The van der Waals surface area contributed by atoms with Crippen LogP contribution in [0.15, 0.2) is 12.1 Å². The standard InChI is InChI=1S/C11H15NO4S/c1-7-4-8(2)11(9(3)5-7)12-10(13)6-16-17(14)15/h4-5H,6H2,1-3H3,(H,12,13)(H,14,15)/p-1. The Labute approximate surface area is 103 Å². The molecule has 94 valence electrons. The molecule has 0 saturated heterocycles. The molecule has 0 aliphatic rings. The Morgan fingerprint density at radius 2 is 1.88 bits per heavy atom. The maximum absolute atomic E-state index is 11.4. The number of nitrogens with one attached hydrogen (secondary N) is 1. The van der Waals surface area contributed by atoms with Crippen molar-refractivity contribution in [3.05, 3.63) is 28.8 Å². The minimum absolute atomic E-state index is 0.496. The first-order chi connectivity index (χ1) is 7.90. The maximum atomic E-state index is 11.4. The van der Waals surface area contributed by atoms with E-state index in [4.69, 9.17) is 0 Å². The molecule has 0 aliphatic carbocycles. The van der Waals surface area contributed by atoms with Crippen LogP contribution in [0.3, 0.4) is 0 Å². The summed E-state index contributed by atoms with van der Waals surface area (Å²) in [6, 6.07) is 3.88. The van der Waals surface area contributed by atoms with Gasteiger partial charge in [-0.25, -0.2) is 4.21 Å². The van der Waals surface area contributed by atoms with Crippen LogP contribution in [0.1, 0.15) is 16.7 Å². The summed E-state index contributed by atoms with van der Waals surface area (Å²) in [5.74, 6) is -0.496. The van der Waals surface area contributed by atoms with E-state index < -0.39 is 23.9 Å². The molecule has 6 heteroatoms.